The summed E-state index contributed by atoms with van der Waals surface area (Å²) in [7, 11) is 0. The van der Waals surface area contributed by atoms with Crippen molar-refractivity contribution < 1.29 is 9.90 Å². The predicted molar refractivity (Wildman–Crippen MR) is 54.2 cm³/mol. The standard InChI is InChI=1S/C11H19NO2/c13-11(14)9-4-2-1-3-5-10(9)12-8-6-7-8/h8-10,12H,1-7H2,(H,13,14). The third kappa shape index (κ3) is 2.47. The lowest BCUT2D eigenvalue weighted by atomic mass is 9.95. The lowest BCUT2D eigenvalue weighted by Gasteiger charge is -2.22. The third-order valence-corrected chi connectivity index (χ3v) is 3.36. The lowest BCUT2D eigenvalue weighted by Crippen LogP contribution is -2.40. The second-order valence-electron chi connectivity index (χ2n) is 4.63. The highest BCUT2D eigenvalue weighted by atomic mass is 16.4. The number of nitrogens with one attached hydrogen (secondary N) is 1. The maximum atomic E-state index is 11.1. The van der Waals surface area contributed by atoms with Crippen molar-refractivity contribution in [3.63, 3.8) is 0 Å². The first-order valence-electron chi connectivity index (χ1n) is 5.76. The Morgan fingerprint density at radius 3 is 2.43 bits per heavy atom. The molecule has 0 bridgehead atoms. The zero-order chi connectivity index (χ0) is 9.97. The van der Waals surface area contributed by atoms with Crippen LogP contribution in [-0.2, 0) is 4.79 Å². The monoisotopic (exact) mass is 197 g/mol. The molecule has 2 rings (SSSR count). The van der Waals surface area contributed by atoms with Crippen molar-refractivity contribution in [1.82, 2.24) is 5.32 Å². The minimum absolute atomic E-state index is 0.141. The molecule has 0 radical (unpaired) electrons. The van der Waals surface area contributed by atoms with Gasteiger partial charge in [-0.15, -0.1) is 0 Å². The van der Waals surface area contributed by atoms with Crippen molar-refractivity contribution in [3.8, 4) is 0 Å². The van der Waals surface area contributed by atoms with Crippen LogP contribution in [0.4, 0.5) is 0 Å². The van der Waals surface area contributed by atoms with Gasteiger partial charge >= 0.3 is 5.97 Å². The van der Waals surface area contributed by atoms with Crippen molar-refractivity contribution in [2.24, 2.45) is 5.92 Å². The smallest absolute Gasteiger partial charge is 0.308 e. The first kappa shape index (κ1) is 9.97. The van der Waals surface area contributed by atoms with Crippen molar-refractivity contribution in [2.75, 3.05) is 0 Å². The Hall–Kier alpha value is -0.570. The molecule has 2 aliphatic carbocycles. The van der Waals surface area contributed by atoms with E-state index >= 15 is 0 Å². The van der Waals surface area contributed by atoms with Gasteiger partial charge in [0, 0.05) is 12.1 Å². The molecule has 2 unspecified atom stereocenters. The van der Waals surface area contributed by atoms with Gasteiger partial charge in [0.1, 0.15) is 0 Å². The number of carboxylic acids is 1. The van der Waals surface area contributed by atoms with E-state index in [1.807, 2.05) is 0 Å². The fourth-order valence-electron chi connectivity index (χ4n) is 2.36. The fourth-order valence-corrected chi connectivity index (χ4v) is 2.36. The Kier molecular flexibility index (Phi) is 3.06. The Bertz CT molecular complexity index is 213. The molecule has 0 spiro atoms. The molecule has 0 heterocycles. The zero-order valence-corrected chi connectivity index (χ0v) is 8.54. The van der Waals surface area contributed by atoms with Crippen molar-refractivity contribution in [3.05, 3.63) is 0 Å². The van der Waals surface area contributed by atoms with Crippen molar-refractivity contribution in [2.45, 2.75) is 57.0 Å². The fraction of sp³-hybridized carbons (Fsp3) is 0.909. The number of aliphatic carboxylic acids is 1. The van der Waals surface area contributed by atoms with E-state index in [0.29, 0.717) is 6.04 Å². The molecular formula is C11H19NO2. The second kappa shape index (κ2) is 4.30. The number of hydrogen-bond acceptors (Lipinski definition) is 2. The zero-order valence-electron chi connectivity index (χ0n) is 8.54. The molecule has 2 saturated carbocycles. The number of carboxylic acid groups (broad SMARTS) is 1. The van der Waals surface area contributed by atoms with E-state index in [1.54, 1.807) is 0 Å². The molecule has 0 saturated heterocycles. The Balaban J connectivity index is 1.94. The first-order chi connectivity index (χ1) is 6.77. The Morgan fingerprint density at radius 1 is 1.07 bits per heavy atom. The highest BCUT2D eigenvalue weighted by Gasteiger charge is 2.33. The van der Waals surface area contributed by atoms with Crippen LogP contribution in [0, 0.1) is 5.92 Å². The van der Waals surface area contributed by atoms with E-state index in [0.717, 1.165) is 19.3 Å². The SMILES string of the molecule is O=C(O)C1CCCCCC1NC1CC1. The molecule has 3 nitrogen and oxygen atoms in total. The van der Waals surface area contributed by atoms with Gasteiger partial charge in [-0.25, -0.2) is 0 Å². The molecular weight excluding hydrogens is 178 g/mol. The van der Waals surface area contributed by atoms with Gasteiger partial charge < -0.3 is 10.4 Å². The summed E-state index contributed by atoms with van der Waals surface area (Å²) in [5.41, 5.74) is 0. The van der Waals surface area contributed by atoms with E-state index in [9.17, 15) is 4.79 Å². The van der Waals surface area contributed by atoms with Crippen LogP contribution in [0.15, 0.2) is 0 Å². The summed E-state index contributed by atoms with van der Waals surface area (Å²) in [6.45, 7) is 0. The molecule has 0 amide bonds. The van der Waals surface area contributed by atoms with Crippen LogP contribution in [0.25, 0.3) is 0 Å². The summed E-state index contributed by atoms with van der Waals surface area (Å²) >= 11 is 0. The maximum absolute atomic E-state index is 11.1. The summed E-state index contributed by atoms with van der Waals surface area (Å²) in [6.07, 6.45) is 7.86. The van der Waals surface area contributed by atoms with Crippen molar-refractivity contribution >= 4 is 5.97 Å². The van der Waals surface area contributed by atoms with E-state index in [1.165, 1.54) is 25.7 Å². The molecule has 3 heteroatoms. The molecule has 2 aliphatic rings. The van der Waals surface area contributed by atoms with Gasteiger partial charge in [-0.1, -0.05) is 19.3 Å². The number of rotatable bonds is 3. The summed E-state index contributed by atoms with van der Waals surface area (Å²) in [6, 6.07) is 0.863. The van der Waals surface area contributed by atoms with Crippen LogP contribution in [0.1, 0.15) is 44.9 Å². The second-order valence-corrected chi connectivity index (χ2v) is 4.63. The van der Waals surface area contributed by atoms with Gasteiger partial charge in [-0.3, -0.25) is 4.79 Å². The van der Waals surface area contributed by atoms with E-state index in [-0.39, 0.29) is 12.0 Å². The molecule has 0 aromatic heterocycles. The molecule has 2 fully saturated rings. The van der Waals surface area contributed by atoms with Crippen LogP contribution < -0.4 is 5.32 Å². The molecule has 2 N–H and O–H groups in total. The van der Waals surface area contributed by atoms with Crippen LogP contribution in [0.3, 0.4) is 0 Å². The Morgan fingerprint density at radius 2 is 1.79 bits per heavy atom. The topological polar surface area (TPSA) is 49.3 Å². The van der Waals surface area contributed by atoms with Crippen LogP contribution in [0.5, 0.6) is 0 Å². The van der Waals surface area contributed by atoms with Gasteiger partial charge in [-0.2, -0.15) is 0 Å². The molecule has 0 aromatic carbocycles. The molecule has 0 aromatic rings. The number of hydrogen-bond donors (Lipinski definition) is 2. The normalized spacial score (nSPS) is 33.7. The highest BCUT2D eigenvalue weighted by molar-refractivity contribution is 5.70. The van der Waals surface area contributed by atoms with Crippen LogP contribution >= 0.6 is 0 Å². The van der Waals surface area contributed by atoms with Gasteiger partial charge in [-0.05, 0) is 25.7 Å². The quantitative estimate of drug-likeness (QED) is 0.678. The maximum Gasteiger partial charge on any atom is 0.308 e. The van der Waals surface area contributed by atoms with Crippen LogP contribution in [-0.4, -0.2) is 23.2 Å². The molecule has 0 aliphatic heterocycles. The summed E-state index contributed by atoms with van der Waals surface area (Å²) in [5, 5.41) is 12.6. The first-order valence-corrected chi connectivity index (χ1v) is 5.76. The van der Waals surface area contributed by atoms with Gasteiger partial charge in [0.25, 0.3) is 0 Å². The summed E-state index contributed by atoms with van der Waals surface area (Å²) < 4.78 is 0. The largest absolute Gasteiger partial charge is 0.481 e. The van der Waals surface area contributed by atoms with Crippen molar-refractivity contribution in [1.29, 1.82) is 0 Å². The minimum atomic E-state index is -0.606. The predicted octanol–water partition coefficient (Wildman–Crippen LogP) is 1.77. The lowest BCUT2D eigenvalue weighted by molar-refractivity contribution is -0.143. The van der Waals surface area contributed by atoms with Crippen LogP contribution in [0.2, 0.25) is 0 Å². The van der Waals surface area contributed by atoms with Gasteiger partial charge in [0.15, 0.2) is 0 Å². The summed E-state index contributed by atoms with van der Waals surface area (Å²) in [5.74, 6) is -0.747. The average molecular weight is 197 g/mol. The van der Waals surface area contributed by atoms with E-state index in [2.05, 4.69) is 5.32 Å². The number of carbonyl (C=O) groups is 1. The van der Waals surface area contributed by atoms with Gasteiger partial charge in [0.05, 0.1) is 5.92 Å². The summed E-state index contributed by atoms with van der Waals surface area (Å²) in [4.78, 5) is 11.1. The molecule has 80 valence electrons. The average Bonchev–Trinajstić information content (AvgIpc) is 2.92. The van der Waals surface area contributed by atoms with Gasteiger partial charge in [0.2, 0.25) is 0 Å². The minimum Gasteiger partial charge on any atom is -0.481 e. The third-order valence-electron chi connectivity index (χ3n) is 3.36. The highest BCUT2D eigenvalue weighted by Crippen LogP contribution is 2.28. The van der Waals surface area contributed by atoms with E-state index < -0.39 is 5.97 Å². The van der Waals surface area contributed by atoms with E-state index in [4.69, 9.17) is 5.11 Å². The molecule has 14 heavy (non-hydrogen) atoms. The Labute approximate surface area is 84.9 Å². The molecule has 2 atom stereocenters.